The van der Waals surface area contributed by atoms with Crippen LogP contribution in [0, 0.1) is 0 Å². The number of nitrogens with zero attached hydrogens (tertiary/aromatic N) is 2. The number of aliphatic hydroxyl groups is 1. The fourth-order valence-corrected chi connectivity index (χ4v) is 0.815. The number of ether oxygens (including phenoxy) is 1. The molecular weight excluding hydrogens is 172 g/mol. The first-order chi connectivity index (χ1) is 6.24. The first-order valence-corrected chi connectivity index (χ1v) is 3.76. The van der Waals surface area contributed by atoms with Crippen molar-refractivity contribution in [3.05, 3.63) is 24.3 Å². The van der Waals surface area contributed by atoms with Gasteiger partial charge in [0.05, 0.1) is 13.5 Å². The number of rotatable bonds is 3. The van der Waals surface area contributed by atoms with Gasteiger partial charge in [-0.2, -0.15) is 0 Å². The minimum absolute atomic E-state index is 0.124. The number of methoxy groups -OCH3 is 1. The van der Waals surface area contributed by atoms with E-state index in [4.69, 9.17) is 0 Å². The molecule has 0 spiro atoms. The summed E-state index contributed by atoms with van der Waals surface area (Å²) in [5.74, 6) is -0.257. The third kappa shape index (κ3) is 2.79. The standard InChI is InChI=1S/C8H10N2O3/c1-13-7(12)5-6(11)8-9-3-2-4-10-8/h2-4,6,11H,5H2,1H3. The Balaban J connectivity index is 2.59. The lowest BCUT2D eigenvalue weighted by Gasteiger charge is -2.06. The van der Waals surface area contributed by atoms with Crippen molar-refractivity contribution >= 4 is 5.97 Å². The van der Waals surface area contributed by atoms with Gasteiger partial charge in [0.2, 0.25) is 0 Å². The molecule has 0 fully saturated rings. The summed E-state index contributed by atoms with van der Waals surface area (Å²) >= 11 is 0. The summed E-state index contributed by atoms with van der Waals surface area (Å²) in [6.07, 6.45) is 1.89. The lowest BCUT2D eigenvalue weighted by atomic mass is 10.2. The van der Waals surface area contributed by atoms with Crippen LogP contribution in [-0.4, -0.2) is 28.2 Å². The minimum Gasteiger partial charge on any atom is -0.469 e. The fraction of sp³-hybridized carbons (Fsp3) is 0.375. The van der Waals surface area contributed by atoms with E-state index in [0.29, 0.717) is 0 Å². The summed E-state index contributed by atoms with van der Waals surface area (Å²) in [7, 11) is 1.26. The molecule has 0 aliphatic carbocycles. The average molecular weight is 182 g/mol. The third-order valence-electron chi connectivity index (χ3n) is 1.47. The molecule has 13 heavy (non-hydrogen) atoms. The molecule has 70 valence electrons. The Hall–Kier alpha value is -1.49. The van der Waals surface area contributed by atoms with Crippen LogP contribution < -0.4 is 0 Å². The predicted molar refractivity (Wildman–Crippen MR) is 43.6 cm³/mol. The van der Waals surface area contributed by atoms with Crippen LogP contribution in [0.3, 0.4) is 0 Å². The first-order valence-electron chi connectivity index (χ1n) is 3.76. The van der Waals surface area contributed by atoms with Gasteiger partial charge in [-0.1, -0.05) is 0 Å². The van der Waals surface area contributed by atoms with Crippen LogP contribution in [-0.2, 0) is 9.53 Å². The van der Waals surface area contributed by atoms with Crippen molar-refractivity contribution in [3.8, 4) is 0 Å². The van der Waals surface area contributed by atoms with E-state index in [1.807, 2.05) is 0 Å². The van der Waals surface area contributed by atoms with Crippen LogP contribution in [0.5, 0.6) is 0 Å². The molecule has 1 heterocycles. The van der Waals surface area contributed by atoms with Crippen LogP contribution in [0.2, 0.25) is 0 Å². The van der Waals surface area contributed by atoms with Crippen LogP contribution in [0.4, 0.5) is 0 Å². The number of carbonyl (C=O) groups is 1. The maximum absolute atomic E-state index is 10.8. The molecule has 0 bridgehead atoms. The van der Waals surface area contributed by atoms with E-state index in [9.17, 15) is 9.90 Å². The molecule has 1 rings (SSSR count). The molecule has 1 N–H and O–H groups in total. The minimum atomic E-state index is -0.992. The second kappa shape index (κ2) is 4.51. The highest BCUT2D eigenvalue weighted by Gasteiger charge is 2.14. The van der Waals surface area contributed by atoms with Crippen LogP contribution in [0.25, 0.3) is 0 Å². The van der Waals surface area contributed by atoms with Crippen LogP contribution >= 0.6 is 0 Å². The summed E-state index contributed by atoms with van der Waals surface area (Å²) in [6.45, 7) is 0. The maximum atomic E-state index is 10.8. The van der Waals surface area contributed by atoms with Crippen LogP contribution in [0.15, 0.2) is 18.5 Å². The largest absolute Gasteiger partial charge is 0.469 e. The summed E-state index contributed by atoms with van der Waals surface area (Å²) in [6, 6.07) is 1.63. The summed E-state index contributed by atoms with van der Waals surface area (Å²) in [5, 5.41) is 9.40. The van der Waals surface area contributed by atoms with Gasteiger partial charge < -0.3 is 9.84 Å². The molecule has 1 aromatic heterocycles. The van der Waals surface area contributed by atoms with Gasteiger partial charge in [0.1, 0.15) is 6.10 Å². The molecule has 0 radical (unpaired) electrons. The van der Waals surface area contributed by atoms with E-state index in [0.717, 1.165) is 0 Å². The topological polar surface area (TPSA) is 72.3 Å². The normalized spacial score (nSPS) is 12.2. The lowest BCUT2D eigenvalue weighted by Crippen LogP contribution is -2.10. The molecule has 0 aliphatic rings. The maximum Gasteiger partial charge on any atom is 0.308 e. The van der Waals surface area contributed by atoms with Gasteiger partial charge in [-0.3, -0.25) is 4.79 Å². The number of hydrogen-bond donors (Lipinski definition) is 1. The second-order valence-electron chi connectivity index (χ2n) is 2.40. The van der Waals surface area contributed by atoms with Gasteiger partial charge in [0, 0.05) is 12.4 Å². The van der Waals surface area contributed by atoms with E-state index >= 15 is 0 Å². The van der Waals surface area contributed by atoms with Crippen LogP contribution in [0.1, 0.15) is 18.3 Å². The van der Waals surface area contributed by atoms with E-state index in [1.165, 1.54) is 19.5 Å². The van der Waals surface area contributed by atoms with Crippen molar-refractivity contribution in [2.45, 2.75) is 12.5 Å². The quantitative estimate of drug-likeness (QED) is 0.670. The molecule has 1 aromatic rings. The molecule has 1 unspecified atom stereocenters. The van der Waals surface area contributed by atoms with Crippen molar-refractivity contribution in [3.63, 3.8) is 0 Å². The zero-order valence-corrected chi connectivity index (χ0v) is 7.17. The summed E-state index contributed by atoms with van der Waals surface area (Å²) in [5.41, 5.74) is 0. The first kappa shape index (κ1) is 9.60. The van der Waals surface area contributed by atoms with E-state index in [-0.39, 0.29) is 12.2 Å². The van der Waals surface area contributed by atoms with E-state index < -0.39 is 12.1 Å². The summed E-state index contributed by atoms with van der Waals surface area (Å²) < 4.78 is 4.39. The molecule has 0 saturated heterocycles. The van der Waals surface area contributed by atoms with Gasteiger partial charge >= 0.3 is 5.97 Å². The third-order valence-corrected chi connectivity index (χ3v) is 1.47. The SMILES string of the molecule is COC(=O)CC(O)c1ncccn1. The van der Waals surface area contributed by atoms with Crippen molar-refractivity contribution in [2.75, 3.05) is 7.11 Å². The second-order valence-corrected chi connectivity index (χ2v) is 2.40. The Morgan fingerprint density at radius 1 is 1.62 bits per heavy atom. The molecule has 0 saturated carbocycles. The number of esters is 1. The number of hydrogen-bond acceptors (Lipinski definition) is 5. The highest BCUT2D eigenvalue weighted by atomic mass is 16.5. The Bertz CT molecular complexity index is 276. The fourth-order valence-electron chi connectivity index (χ4n) is 0.815. The van der Waals surface area contributed by atoms with Gasteiger partial charge in [-0.15, -0.1) is 0 Å². The molecule has 0 amide bonds. The molecular formula is C8H10N2O3. The lowest BCUT2D eigenvalue weighted by molar-refractivity contribution is -0.143. The number of aliphatic hydroxyl groups excluding tert-OH is 1. The summed E-state index contributed by atoms with van der Waals surface area (Å²) in [4.78, 5) is 18.4. The van der Waals surface area contributed by atoms with E-state index in [1.54, 1.807) is 6.07 Å². The van der Waals surface area contributed by atoms with E-state index in [2.05, 4.69) is 14.7 Å². The smallest absolute Gasteiger partial charge is 0.308 e. The molecule has 0 aromatic carbocycles. The molecule has 0 aliphatic heterocycles. The van der Waals surface area contributed by atoms with Crippen molar-refractivity contribution in [2.24, 2.45) is 0 Å². The zero-order chi connectivity index (χ0) is 9.68. The van der Waals surface area contributed by atoms with Gasteiger partial charge in [0.15, 0.2) is 5.82 Å². The van der Waals surface area contributed by atoms with Crippen molar-refractivity contribution < 1.29 is 14.6 Å². The number of carbonyl (C=O) groups excluding carboxylic acids is 1. The molecule has 1 atom stereocenters. The van der Waals surface area contributed by atoms with Crippen molar-refractivity contribution in [1.82, 2.24) is 9.97 Å². The number of aromatic nitrogens is 2. The predicted octanol–water partition coefficient (Wildman–Crippen LogP) is 0.0731. The zero-order valence-electron chi connectivity index (χ0n) is 7.17. The Kier molecular flexibility index (Phi) is 3.33. The highest BCUT2D eigenvalue weighted by Crippen LogP contribution is 2.10. The molecule has 5 heteroatoms. The van der Waals surface area contributed by atoms with Gasteiger partial charge in [0.25, 0.3) is 0 Å². The van der Waals surface area contributed by atoms with Gasteiger partial charge in [-0.25, -0.2) is 9.97 Å². The Morgan fingerprint density at radius 2 is 2.23 bits per heavy atom. The Labute approximate surface area is 75.4 Å². The van der Waals surface area contributed by atoms with Gasteiger partial charge in [-0.05, 0) is 6.07 Å². The monoisotopic (exact) mass is 182 g/mol. The average Bonchev–Trinajstić information content (AvgIpc) is 2.19. The highest BCUT2D eigenvalue weighted by molar-refractivity contribution is 5.69. The van der Waals surface area contributed by atoms with Crippen molar-refractivity contribution in [1.29, 1.82) is 0 Å². The Morgan fingerprint density at radius 3 is 2.77 bits per heavy atom. The molecule has 5 nitrogen and oxygen atoms in total.